The minimum Gasteiger partial charge on any atom is -0.444 e. The number of nitrogens with zero attached hydrogens (tertiary/aromatic N) is 2. The third kappa shape index (κ3) is 4.71. The number of carbonyl (C=O) groups is 2. The number of aromatic nitrogens is 2. The van der Waals surface area contributed by atoms with E-state index in [1.54, 1.807) is 59.7 Å². The van der Waals surface area contributed by atoms with Gasteiger partial charge in [0, 0.05) is 5.69 Å². The van der Waals surface area contributed by atoms with Gasteiger partial charge in [0.25, 0.3) is 0 Å². The van der Waals surface area contributed by atoms with Gasteiger partial charge in [-0.15, -0.1) is 0 Å². The lowest BCUT2D eigenvalue weighted by molar-refractivity contribution is 0.0542. The average Bonchev–Trinajstić information content (AvgIpc) is 2.77. The van der Waals surface area contributed by atoms with Crippen LogP contribution >= 0.6 is 0 Å². The summed E-state index contributed by atoms with van der Waals surface area (Å²) in [7, 11) is 0. The quantitative estimate of drug-likeness (QED) is 0.847. The van der Waals surface area contributed by atoms with Crippen LogP contribution < -0.4 is 5.32 Å². The Kier molecular flexibility index (Phi) is 4.55. The number of hydrogen-bond acceptors (Lipinski definition) is 5. The van der Waals surface area contributed by atoms with Gasteiger partial charge in [-0.1, -0.05) is 0 Å². The molecular weight excluding hydrogens is 310 g/mol. The van der Waals surface area contributed by atoms with Crippen LogP contribution in [0.1, 0.15) is 41.5 Å². The normalized spacial score (nSPS) is 12.1. The fourth-order valence-corrected chi connectivity index (χ4v) is 1.97. The van der Waals surface area contributed by atoms with Crippen LogP contribution in [0.5, 0.6) is 0 Å². The number of rotatable bonds is 1. The molecule has 0 fully saturated rings. The Hall–Kier alpha value is -2.57. The van der Waals surface area contributed by atoms with Gasteiger partial charge in [0.1, 0.15) is 17.5 Å². The smallest absolute Gasteiger partial charge is 0.420 e. The monoisotopic (exact) mass is 333 g/mol. The zero-order valence-electron chi connectivity index (χ0n) is 14.8. The van der Waals surface area contributed by atoms with Crippen LogP contribution in [0, 0.1) is 0 Å². The third-order valence-corrected chi connectivity index (χ3v) is 2.78. The van der Waals surface area contributed by atoms with E-state index in [-0.39, 0.29) is 0 Å². The van der Waals surface area contributed by atoms with Crippen molar-refractivity contribution >= 4 is 28.9 Å². The lowest BCUT2D eigenvalue weighted by atomic mass is 10.2. The molecule has 2 aromatic rings. The van der Waals surface area contributed by atoms with Crippen molar-refractivity contribution in [2.45, 2.75) is 52.7 Å². The van der Waals surface area contributed by atoms with Crippen LogP contribution in [-0.4, -0.2) is 32.9 Å². The second-order valence-electron chi connectivity index (χ2n) is 7.43. The molecule has 0 saturated carbocycles. The number of carbonyl (C=O) groups excluding carboxylic acids is 2. The molecule has 2 rings (SSSR count). The van der Waals surface area contributed by atoms with E-state index in [9.17, 15) is 9.59 Å². The van der Waals surface area contributed by atoms with Crippen LogP contribution in [-0.2, 0) is 9.47 Å². The molecule has 7 nitrogen and oxygen atoms in total. The standard InChI is InChI=1S/C17H23N3O4/c1-16(2,3)23-14(21)19-11-7-8-13-12(9-11)18-10-20(13)15(22)24-17(4,5)6/h7-10H,1-6H3,(H,19,21). The summed E-state index contributed by atoms with van der Waals surface area (Å²) in [6.45, 7) is 10.8. The summed E-state index contributed by atoms with van der Waals surface area (Å²) in [6, 6.07) is 5.04. The minimum atomic E-state index is -0.591. The van der Waals surface area contributed by atoms with Crippen LogP contribution in [0.2, 0.25) is 0 Å². The molecule has 0 aliphatic rings. The predicted molar refractivity (Wildman–Crippen MR) is 91.2 cm³/mol. The van der Waals surface area contributed by atoms with Gasteiger partial charge >= 0.3 is 12.2 Å². The summed E-state index contributed by atoms with van der Waals surface area (Å²) >= 11 is 0. The summed E-state index contributed by atoms with van der Waals surface area (Å²) in [4.78, 5) is 28.1. The van der Waals surface area contributed by atoms with Gasteiger partial charge in [-0.25, -0.2) is 19.1 Å². The molecule has 0 aliphatic carbocycles. The minimum absolute atomic E-state index is 0.502. The van der Waals surface area contributed by atoms with Crippen LogP contribution in [0.15, 0.2) is 24.5 Å². The Morgan fingerprint density at radius 2 is 1.67 bits per heavy atom. The van der Waals surface area contributed by atoms with Crippen molar-refractivity contribution in [3.8, 4) is 0 Å². The van der Waals surface area contributed by atoms with Crippen molar-refractivity contribution in [3.05, 3.63) is 24.5 Å². The topological polar surface area (TPSA) is 82.5 Å². The maximum absolute atomic E-state index is 12.2. The van der Waals surface area contributed by atoms with Crippen LogP contribution in [0.4, 0.5) is 15.3 Å². The Balaban J connectivity index is 2.19. The molecule has 0 spiro atoms. The predicted octanol–water partition coefficient (Wildman–Crippen LogP) is 4.17. The first-order valence-electron chi connectivity index (χ1n) is 7.65. The van der Waals surface area contributed by atoms with Crippen molar-refractivity contribution in [3.63, 3.8) is 0 Å². The van der Waals surface area contributed by atoms with E-state index in [0.717, 1.165) is 0 Å². The highest BCUT2D eigenvalue weighted by Gasteiger charge is 2.20. The van der Waals surface area contributed by atoms with Crippen molar-refractivity contribution in [2.75, 3.05) is 5.32 Å². The van der Waals surface area contributed by atoms with Crippen molar-refractivity contribution in [2.24, 2.45) is 0 Å². The summed E-state index contributed by atoms with van der Waals surface area (Å²) in [5.41, 5.74) is 0.526. The molecule has 0 aliphatic heterocycles. The first-order chi connectivity index (χ1) is 10.9. The summed E-state index contributed by atoms with van der Waals surface area (Å²) in [6.07, 6.45) is 0.349. The molecule has 130 valence electrons. The van der Waals surface area contributed by atoms with Gasteiger partial charge in [-0.05, 0) is 59.7 Å². The maximum Gasteiger partial charge on any atom is 0.420 e. The van der Waals surface area contributed by atoms with Gasteiger partial charge in [0.15, 0.2) is 0 Å². The number of imidazole rings is 1. The largest absolute Gasteiger partial charge is 0.444 e. The number of nitrogens with one attached hydrogen (secondary N) is 1. The average molecular weight is 333 g/mol. The highest BCUT2D eigenvalue weighted by atomic mass is 16.6. The second-order valence-corrected chi connectivity index (χ2v) is 7.43. The van der Waals surface area contributed by atoms with E-state index in [1.165, 1.54) is 10.9 Å². The SMILES string of the molecule is CC(C)(C)OC(=O)Nc1ccc2c(c1)ncn2C(=O)OC(C)(C)C. The van der Waals surface area contributed by atoms with Gasteiger partial charge in [0.05, 0.1) is 11.0 Å². The molecule has 7 heteroatoms. The van der Waals surface area contributed by atoms with E-state index in [0.29, 0.717) is 16.7 Å². The summed E-state index contributed by atoms with van der Waals surface area (Å²) < 4.78 is 11.9. The van der Waals surface area contributed by atoms with Crippen LogP contribution in [0.3, 0.4) is 0 Å². The Morgan fingerprint density at radius 1 is 1.04 bits per heavy atom. The Labute approximate surface area is 141 Å². The Bertz CT molecular complexity index is 766. The van der Waals surface area contributed by atoms with Gasteiger partial charge in [-0.3, -0.25) is 5.32 Å². The van der Waals surface area contributed by atoms with Crippen molar-refractivity contribution in [1.82, 2.24) is 9.55 Å². The number of anilines is 1. The molecule has 1 N–H and O–H groups in total. The fourth-order valence-electron chi connectivity index (χ4n) is 1.97. The molecule has 1 aromatic heterocycles. The maximum atomic E-state index is 12.2. The number of amides is 1. The van der Waals surface area contributed by atoms with Crippen molar-refractivity contribution < 1.29 is 19.1 Å². The molecule has 0 unspecified atom stereocenters. The summed E-state index contributed by atoms with van der Waals surface area (Å²) in [5, 5.41) is 2.64. The molecule has 0 atom stereocenters. The van der Waals surface area contributed by atoms with Gasteiger partial charge in [0.2, 0.25) is 0 Å². The number of ether oxygens (including phenoxy) is 2. The highest BCUT2D eigenvalue weighted by Crippen LogP contribution is 2.20. The lowest BCUT2D eigenvalue weighted by Gasteiger charge is -2.20. The van der Waals surface area contributed by atoms with Gasteiger partial charge < -0.3 is 9.47 Å². The first kappa shape index (κ1) is 17.8. The zero-order chi connectivity index (χ0) is 18.1. The first-order valence-corrected chi connectivity index (χ1v) is 7.65. The van der Waals surface area contributed by atoms with Gasteiger partial charge in [-0.2, -0.15) is 0 Å². The molecule has 0 saturated heterocycles. The van der Waals surface area contributed by atoms with E-state index >= 15 is 0 Å². The molecule has 0 bridgehead atoms. The number of fused-ring (bicyclic) bond motifs is 1. The molecule has 1 heterocycles. The van der Waals surface area contributed by atoms with E-state index in [2.05, 4.69) is 10.3 Å². The van der Waals surface area contributed by atoms with E-state index < -0.39 is 23.4 Å². The molecule has 0 radical (unpaired) electrons. The van der Waals surface area contributed by atoms with E-state index in [1.807, 2.05) is 0 Å². The molecular formula is C17H23N3O4. The van der Waals surface area contributed by atoms with Crippen LogP contribution in [0.25, 0.3) is 11.0 Å². The molecule has 1 aromatic carbocycles. The highest BCUT2D eigenvalue weighted by molar-refractivity contribution is 5.92. The fraction of sp³-hybridized carbons (Fsp3) is 0.471. The molecule has 1 amide bonds. The number of benzene rings is 1. The second kappa shape index (κ2) is 6.14. The lowest BCUT2D eigenvalue weighted by Crippen LogP contribution is -2.27. The number of hydrogen-bond donors (Lipinski definition) is 1. The summed E-state index contributed by atoms with van der Waals surface area (Å²) in [5.74, 6) is 0. The van der Waals surface area contributed by atoms with E-state index in [4.69, 9.17) is 9.47 Å². The third-order valence-electron chi connectivity index (χ3n) is 2.78. The van der Waals surface area contributed by atoms with Crippen molar-refractivity contribution in [1.29, 1.82) is 0 Å². The molecule has 24 heavy (non-hydrogen) atoms. The zero-order valence-corrected chi connectivity index (χ0v) is 14.8. The Morgan fingerprint density at radius 3 is 2.25 bits per heavy atom.